The Labute approximate surface area is 197 Å². The van der Waals surface area contributed by atoms with Gasteiger partial charge in [0.1, 0.15) is 5.82 Å². The van der Waals surface area contributed by atoms with Crippen LogP contribution in [0.5, 0.6) is 0 Å². The number of nitrogens with zero attached hydrogens (tertiary/aromatic N) is 4. The molecule has 0 amide bonds. The van der Waals surface area contributed by atoms with Crippen molar-refractivity contribution in [1.29, 1.82) is 0 Å². The summed E-state index contributed by atoms with van der Waals surface area (Å²) >= 11 is 0. The minimum Gasteiger partial charge on any atom is -0.356 e. The summed E-state index contributed by atoms with van der Waals surface area (Å²) in [7, 11) is 1.86. The van der Waals surface area contributed by atoms with Crippen LogP contribution in [0, 0.1) is 0 Å². The van der Waals surface area contributed by atoms with Gasteiger partial charge in [-0.05, 0) is 24.8 Å². The lowest BCUT2D eigenvalue weighted by molar-refractivity contribution is 0.242. The Bertz CT molecular complexity index is 784. The molecule has 2 N–H and O–H groups in total. The number of likely N-dealkylation sites (tertiary alicyclic amines) is 1. The number of nitrogens with one attached hydrogen (secondary N) is 2. The average molecular weight is 522 g/mol. The second-order valence-electron chi connectivity index (χ2n) is 8.27. The summed E-state index contributed by atoms with van der Waals surface area (Å²) in [5, 5.41) is 7.10. The first kappa shape index (κ1) is 23.1. The summed E-state index contributed by atoms with van der Waals surface area (Å²) in [5.74, 6) is 2.01. The van der Waals surface area contributed by atoms with Crippen LogP contribution in [-0.4, -0.2) is 59.2 Å². The van der Waals surface area contributed by atoms with E-state index in [1.165, 1.54) is 44.2 Å². The van der Waals surface area contributed by atoms with Crippen LogP contribution in [-0.2, 0) is 13.0 Å². The van der Waals surface area contributed by atoms with Crippen LogP contribution in [0.2, 0.25) is 0 Å². The molecule has 6 nitrogen and oxygen atoms in total. The quantitative estimate of drug-likeness (QED) is 0.333. The van der Waals surface area contributed by atoms with Gasteiger partial charge in [0, 0.05) is 64.1 Å². The van der Waals surface area contributed by atoms with Gasteiger partial charge in [-0.3, -0.25) is 9.89 Å². The number of imidazole rings is 1. The Balaban J connectivity index is 0.00000256. The number of aromatic nitrogens is 2. The van der Waals surface area contributed by atoms with E-state index in [1.54, 1.807) is 0 Å². The molecular weight excluding hydrogens is 487 g/mol. The third kappa shape index (κ3) is 6.20. The van der Waals surface area contributed by atoms with Gasteiger partial charge in [-0.1, -0.05) is 43.2 Å². The maximum atomic E-state index is 4.55. The van der Waals surface area contributed by atoms with Crippen molar-refractivity contribution >= 4 is 29.9 Å². The predicted molar refractivity (Wildman–Crippen MR) is 134 cm³/mol. The van der Waals surface area contributed by atoms with E-state index in [4.69, 9.17) is 0 Å². The second kappa shape index (κ2) is 11.7. The Morgan fingerprint density at radius 3 is 2.73 bits per heavy atom. The highest BCUT2D eigenvalue weighted by atomic mass is 127. The van der Waals surface area contributed by atoms with Crippen LogP contribution in [0.25, 0.3) is 0 Å². The number of hydrogen-bond donors (Lipinski definition) is 2. The van der Waals surface area contributed by atoms with Crippen molar-refractivity contribution in [2.75, 3.05) is 26.7 Å². The monoisotopic (exact) mass is 522 g/mol. The van der Waals surface area contributed by atoms with Crippen molar-refractivity contribution in [3.05, 3.63) is 54.1 Å². The van der Waals surface area contributed by atoms with Crippen molar-refractivity contribution in [3.8, 4) is 0 Å². The molecule has 1 aromatic carbocycles. The summed E-state index contributed by atoms with van der Waals surface area (Å²) in [5.41, 5.74) is 1.30. The smallest absolute Gasteiger partial charge is 0.191 e. The zero-order valence-electron chi connectivity index (χ0n) is 18.0. The summed E-state index contributed by atoms with van der Waals surface area (Å²) in [6.45, 7) is 4.05. The highest BCUT2D eigenvalue weighted by molar-refractivity contribution is 14.0. The first-order chi connectivity index (χ1) is 14.3. The largest absolute Gasteiger partial charge is 0.356 e. The molecule has 1 atom stereocenters. The average Bonchev–Trinajstić information content (AvgIpc) is 3.50. The lowest BCUT2D eigenvalue weighted by atomic mass is 10.2. The number of halogens is 1. The summed E-state index contributed by atoms with van der Waals surface area (Å²) in [4.78, 5) is 11.7. The van der Waals surface area contributed by atoms with Gasteiger partial charge in [0.15, 0.2) is 5.96 Å². The van der Waals surface area contributed by atoms with E-state index in [1.807, 2.05) is 13.2 Å². The number of rotatable bonds is 7. The van der Waals surface area contributed by atoms with Crippen molar-refractivity contribution in [2.45, 2.75) is 57.2 Å². The molecule has 1 aliphatic carbocycles. The molecule has 4 rings (SSSR count). The van der Waals surface area contributed by atoms with Gasteiger partial charge in [-0.15, -0.1) is 24.0 Å². The van der Waals surface area contributed by atoms with Gasteiger partial charge in [0.25, 0.3) is 0 Å². The number of hydrogen-bond acceptors (Lipinski definition) is 3. The molecule has 1 aliphatic heterocycles. The molecular formula is C23H35IN6. The van der Waals surface area contributed by atoms with Crippen LogP contribution in [0.1, 0.15) is 43.5 Å². The van der Waals surface area contributed by atoms with Crippen molar-refractivity contribution in [3.63, 3.8) is 0 Å². The van der Waals surface area contributed by atoms with E-state index in [-0.39, 0.29) is 24.0 Å². The maximum absolute atomic E-state index is 4.55. The van der Waals surface area contributed by atoms with E-state index >= 15 is 0 Å². The Hall–Kier alpha value is -1.61. The van der Waals surface area contributed by atoms with Gasteiger partial charge in [-0.2, -0.15) is 0 Å². The molecule has 1 saturated carbocycles. The van der Waals surface area contributed by atoms with Crippen LogP contribution in [0.4, 0.5) is 0 Å². The molecule has 30 heavy (non-hydrogen) atoms. The molecule has 0 spiro atoms. The topological polar surface area (TPSA) is 57.5 Å². The molecule has 0 bridgehead atoms. The fraction of sp³-hybridized carbons (Fsp3) is 0.565. The number of guanidine groups is 1. The third-order valence-electron chi connectivity index (χ3n) is 6.26. The van der Waals surface area contributed by atoms with Crippen LogP contribution >= 0.6 is 24.0 Å². The van der Waals surface area contributed by atoms with Crippen molar-refractivity contribution in [1.82, 2.24) is 25.1 Å². The first-order valence-electron chi connectivity index (χ1n) is 11.1. The van der Waals surface area contributed by atoms with Gasteiger partial charge in [0.05, 0.1) is 0 Å². The predicted octanol–water partition coefficient (Wildman–Crippen LogP) is 3.27. The van der Waals surface area contributed by atoms with Crippen molar-refractivity contribution in [2.24, 2.45) is 4.99 Å². The molecule has 2 aromatic rings. The summed E-state index contributed by atoms with van der Waals surface area (Å²) < 4.78 is 2.23. The molecule has 2 heterocycles. The highest BCUT2D eigenvalue weighted by Gasteiger charge is 2.30. The van der Waals surface area contributed by atoms with Gasteiger partial charge >= 0.3 is 0 Å². The minimum atomic E-state index is 0. The molecule has 1 unspecified atom stereocenters. The van der Waals surface area contributed by atoms with Crippen LogP contribution < -0.4 is 10.6 Å². The van der Waals surface area contributed by atoms with Gasteiger partial charge in [0.2, 0.25) is 0 Å². The SMILES string of the molecule is CN=C(NCCc1nccn1Cc1ccccc1)NC1CCN(C2CCCC2)C1.I. The third-order valence-corrected chi connectivity index (χ3v) is 6.26. The lowest BCUT2D eigenvalue weighted by Crippen LogP contribution is -2.45. The zero-order valence-corrected chi connectivity index (χ0v) is 20.3. The fourth-order valence-electron chi connectivity index (χ4n) is 4.68. The van der Waals surface area contributed by atoms with E-state index in [0.717, 1.165) is 43.9 Å². The second-order valence-corrected chi connectivity index (χ2v) is 8.27. The van der Waals surface area contributed by atoms with E-state index in [2.05, 4.69) is 66.6 Å². The number of benzene rings is 1. The molecule has 164 valence electrons. The molecule has 1 saturated heterocycles. The van der Waals surface area contributed by atoms with E-state index < -0.39 is 0 Å². The molecule has 2 aliphatic rings. The zero-order chi connectivity index (χ0) is 19.9. The Kier molecular flexibility index (Phi) is 8.99. The highest BCUT2D eigenvalue weighted by Crippen LogP contribution is 2.26. The summed E-state index contributed by atoms with van der Waals surface area (Å²) in [6.07, 6.45) is 11.6. The van der Waals surface area contributed by atoms with Crippen LogP contribution in [0.15, 0.2) is 47.7 Å². The van der Waals surface area contributed by atoms with E-state index in [9.17, 15) is 0 Å². The summed E-state index contributed by atoms with van der Waals surface area (Å²) in [6, 6.07) is 11.9. The van der Waals surface area contributed by atoms with Gasteiger partial charge in [-0.25, -0.2) is 4.98 Å². The minimum absolute atomic E-state index is 0. The molecule has 7 heteroatoms. The Morgan fingerprint density at radius 2 is 1.97 bits per heavy atom. The molecule has 2 fully saturated rings. The lowest BCUT2D eigenvalue weighted by Gasteiger charge is -2.24. The van der Waals surface area contributed by atoms with E-state index in [0.29, 0.717) is 6.04 Å². The molecule has 1 aromatic heterocycles. The van der Waals surface area contributed by atoms with Crippen molar-refractivity contribution < 1.29 is 0 Å². The van der Waals surface area contributed by atoms with Crippen LogP contribution in [0.3, 0.4) is 0 Å². The standard InChI is InChI=1S/C23H34N6.HI/c1-24-23(27-20-12-15-28(18-20)21-9-5-6-10-21)26-13-11-22-25-14-16-29(22)17-19-7-3-2-4-8-19;/h2-4,7-8,14,16,20-21H,5-6,9-13,15,17-18H2,1H3,(H2,24,26,27);1H. The normalized spacial score (nSPS) is 20.3. The maximum Gasteiger partial charge on any atom is 0.191 e. The fourth-order valence-corrected chi connectivity index (χ4v) is 4.68. The van der Waals surface area contributed by atoms with Gasteiger partial charge < -0.3 is 15.2 Å². The Morgan fingerprint density at radius 1 is 1.17 bits per heavy atom. The number of aliphatic imine (C=N–C) groups is 1. The molecule has 0 radical (unpaired) electrons. The first-order valence-corrected chi connectivity index (χ1v) is 11.1.